The van der Waals surface area contributed by atoms with Crippen LogP contribution in [0.3, 0.4) is 0 Å². The minimum absolute atomic E-state index is 0.330. The van der Waals surface area contributed by atoms with E-state index in [1.807, 2.05) is 0 Å². The van der Waals surface area contributed by atoms with Crippen LogP contribution in [0, 0.1) is 17.8 Å². The van der Waals surface area contributed by atoms with Gasteiger partial charge in [0.05, 0.1) is 0 Å². The molecule has 0 amide bonds. The summed E-state index contributed by atoms with van der Waals surface area (Å²) in [6, 6.07) is 0. The highest BCUT2D eigenvalue weighted by Crippen LogP contribution is 2.31. The second kappa shape index (κ2) is 3.38. The van der Waals surface area contributed by atoms with Crippen LogP contribution in [0.5, 0.6) is 0 Å². The van der Waals surface area contributed by atoms with Crippen molar-refractivity contribution in [3.05, 3.63) is 0 Å². The number of hydrogen-bond donors (Lipinski definition) is 0. The monoisotopic (exact) mass is 154 g/mol. The zero-order valence-corrected chi connectivity index (χ0v) is 7.76. The van der Waals surface area contributed by atoms with Gasteiger partial charge in [-0.15, -0.1) is 0 Å². The van der Waals surface area contributed by atoms with Gasteiger partial charge in [-0.25, -0.2) is 0 Å². The Morgan fingerprint density at radius 1 is 1.45 bits per heavy atom. The number of rotatable bonds is 1. The third-order valence-corrected chi connectivity index (χ3v) is 2.91. The first-order chi connectivity index (χ1) is 5.11. The number of carbonyl (C=O) groups is 1. The maximum Gasteiger partial charge on any atom is 0.135 e. The highest BCUT2D eigenvalue weighted by molar-refractivity contribution is 5.81. The molecular formula is C10H18O. The minimum atomic E-state index is 0.330. The molecule has 1 rings (SSSR count). The highest BCUT2D eigenvalue weighted by atomic mass is 16.1. The van der Waals surface area contributed by atoms with E-state index in [1.54, 1.807) is 0 Å². The second-order valence-corrected chi connectivity index (χ2v) is 4.15. The van der Waals surface area contributed by atoms with Crippen LogP contribution in [0.25, 0.3) is 0 Å². The second-order valence-electron chi connectivity index (χ2n) is 4.15. The molecule has 0 spiro atoms. The molecule has 1 heteroatoms. The largest absolute Gasteiger partial charge is 0.299 e. The van der Waals surface area contributed by atoms with Crippen LogP contribution in [0.15, 0.2) is 0 Å². The van der Waals surface area contributed by atoms with E-state index in [4.69, 9.17) is 0 Å². The molecule has 0 radical (unpaired) electrons. The van der Waals surface area contributed by atoms with Crippen LogP contribution in [0.4, 0.5) is 0 Å². The summed E-state index contributed by atoms with van der Waals surface area (Å²) in [7, 11) is 0. The van der Waals surface area contributed by atoms with Crippen LogP contribution >= 0.6 is 0 Å². The van der Waals surface area contributed by atoms with Gasteiger partial charge in [0.25, 0.3) is 0 Å². The first-order valence-electron chi connectivity index (χ1n) is 4.64. The topological polar surface area (TPSA) is 17.1 Å². The van der Waals surface area contributed by atoms with Gasteiger partial charge >= 0.3 is 0 Å². The quantitative estimate of drug-likeness (QED) is 0.567. The van der Waals surface area contributed by atoms with E-state index in [9.17, 15) is 4.79 Å². The van der Waals surface area contributed by atoms with Crippen LogP contribution in [0.1, 0.15) is 40.0 Å². The standard InChI is InChI=1S/C10H18O/c1-7(2)9-4-5-10(11)8(3)6-9/h7-9H,4-6H2,1-3H3/t8-,9+/m0/s1. The predicted octanol–water partition coefficient (Wildman–Crippen LogP) is 2.65. The summed E-state index contributed by atoms with van der Waals surface area (Å²) >= 11 is 0. The van der Waals surface area contributed by atoms with Crippen molar-refractivity contribution < 1.29 is 4.79 Å². The lowest BCUT2D eigenvalue weighted by Crippen LogP contribution is -2.25. The van der Waals surface area contributed by atoms with Crippen molar-refractivity contribution in [2.24, 2.45) is 17.8 Å². The lowest BCUT2D eigenvalue weighted by Gasteiger charge is -2.28. The molecular weight excluding hydrogens is 136 g/mol. The fraction of sp³-hybridized carbons (Fsp3) is 0.900. The molecule has 1 aliphatic carbocycles. The van der Waals surface area contributed by atoms with E-state index < -0.39 is 0 Å². The molecule has 1 nitrogen and oxygen atoms in total. The van der Waals surface area contributed by atoms with Crippen LogP contribution in [-0.2, 0) is 4.79 Å². The van der Waals surface area contributed by atoms with Gasteiger partial charge in [0.1, 0.15) is 5.78 Å². The van der Waals surface area contributed by atoms with Crippen molar-refractivity contribution in [1.29, 1.82) is 0 Å². The molecule has 0 unspecified atom stereocenters. The molecule has 1 fully saturated rings. The van der Waals surface area contributed by atoms with Crippen molar-refractivity contribution in [3.8, 4) is 0 Å². The van der Waals surface area contributed by atoms with E-state index in [1.165, 1.54) is 0 Å². The molecule has 0 aromatic carbocycles. The lowest BCUT2D eigenvalue weighted by molar-refractivity contribution is -0.125. The van der Waals surface area contributed by atoms with E-state index in [2.05, 4.69) is 20.8 Å². The molecule has 0 aromatic rings. The van der Waals surface area contributed by atoms with Gasteiger partial charge in [-0.2, -0.15) is 0 Å². The number of ketones is 1. The molecule has 0 aromatic heterocycles. The Hall–Kier alpha value is -0.330. The summed E-state index contributed by atoms with van der Waals surface area (Å²) in [5.41, 5.74) is 0. The molecule has 1 aliphatic rings. The van der Waals surface area contributed by atoms with Gasteiger partial charge < -0.3 is 0 Å². The lowest BCUT2D eigenvalue weighted by atomic mass is 9.76. The Balaban J connectivity index is 2.46. The van der Waals surface area contributed by atoms with Gasteiger partial charge in [0.2, 0.25) is 0 Å². The van der Waals surface area contributed by atoms with E-state index in [0.717, 1.165) is 31.1 Å². The van der Waals surface area contributed by atoms with Crippen molar-refractivity contribution in [3.63, 3.8) is 0 Å². The van der Waals surface area contributed by atoms with Crippen LogP contribution in [-0.4, -0.2) is 5.78 Å². The maximum atomic E-state index is 11.2. The van der Waals surface area contributed by atoms with Crippen molar-refractivity contribution in [2.75, 3.05) is 0 Å². The predicted molar refractivity (Wildman–Crippen MR) is 46.4 cm³/mol. The summed E-state index contributed by atoms with van der Waals surface area (Å²) < 4.78 is 0. The normalized spacial score (nSPS) is 32.9. The molecule has 11 heavy (non-hydrogen) atoms. The van der Waals surface area contributed by atoms with E-state index in [0.29, 0.717) is 11.7 Å². The first-order valence-corrected chi connectivity index (χ1v) is 4.64. The van der Waals surface area contributed by atoms with Crippen LogP contribution < -0.4 is 0 Å². The Kier molecular flexibility index (Phi) is 2.69. The molecule has 0 bridgehead atoms. The zero-order chi connectivity index (χ0) is 8.43. The summed E-state index contributed by atoms with van der Waals surface area (Å²) in [4.78, 5) is 11.2. The van der Waals surface area contributed by atoms with E-state index in [-0.39, 0.29) is 0 Å². The fourth-order valence-corrected chi connectivity index (χ4v) is 1.88. The molecule has 0 saturated heterocycles. The molecule has 1 saturated carbocycles. The SMILES string of the molecule is CC(C)[C@@H]1CCC(=O)[C@@H](C)C1. The molecule has 64 valence electrons. The van der Waals surface area contributed by atoms with Gasteiger partial charge in [0, 0.05) is 12.3 Å². The first kappa shape index (κ1) is 8.76. The summed E-state index contributed by atoms with van der Waals surface area (Å²) in [5.74, 6) is 2.35. The highest BCUT2D eigenvalue weighted by Gasteiger charge is 2.26. The number of Topliss-reactive ketones (excluding diaryl/α,β-unsaturated/α-hetero) is 1. The maximum absolute atomic E-state index is 11.2. The van der Waals surface area contributed by atoms with Crippen molar-refractivity contribution >= 4 is 5.78 Å². The van der Waals surface area contributed by atoms with Crippen LogP contribution in [0.2, 0.25) is 0 Å². The summed E-state index contributed by atoms with van der Waals surface area (Å²) in [6.45, 7) is 6.58. The number of carbonyl (C=O) groups excluding carboxylic acids is 1. The average molecular weight is 154 g/mol. The van der Waals surface area contributed by atoms with Crippen molar-refractivity contribution in [1.82, 2.24) is 0 Å². The Morgan fingerprint density at radius 3 is 2.55 bits per heavy atom. The van der Waals surface area contributed by atoms with Gasteiger partial charge in [-0.3, -0.25) is 4.79 Å². The summed E-state index contributed by atoms with van der Waals surface area (Å²) in [6.07, 6.45) is 3.07. The fourth-order valence-electron chi connectivity index (χ4n) is 1.88. The Bertz CT molecular complexity index is 149. The zero-order valence-electron chi connectivity index (χ0n) is 7.76. The Morgan fingerprint density at radius 2 is 2.09 bits per heavy atom. The minimum Gasteiger partial charge on any atom is -0.299 e. The Labute approximate surface area is 69.2 Å². The molecule has 0 N–H and O–H groups in total. The van der Waals surface area contributed by atoms with Gasteiger partial charge in [-0.1, -0.05) is 20.8 Å². The molecule has 2 atom stereocenters. The number of hydrogen-bond acceptors (Lipinski definition) is 1. The molecule has 0 aliphatic heterocycles. The van der Waals surface area contributed by atoms with Crippen molar-refractivity contribution in [2.45, 2.75) is 40.0 Å². The molecule has 0 heterocycles. The third-order valence-electron chi connectivity index (χ3n) is 2.91. The smallest absolute Gasteiger partial charge is 0.135 e. The summed E-state index contributed by atoms with van der Waals surface area (Å²) in [5, 5.41) is 0. The van der Waals surface area contributed by atoms with E-state index >= 15 is 0 Å². The van der Waals surface area contributed by atoms with Gasteiger partial charge in [-0.05, 0) is 24.7 Å². The van der Waals surface area contributed by atoms with Gasteiger partial charge in [0.15, 0.2) is 0 Å². The average Bonchev–Trinajstić information content (AvgIpc) is 1.94. The third kappa shape index (κ3) is 2.05.